The second kappa shape index (κ2) is 15.8. The molecule has 1 aromatic heterocycles. The van der Waals surface area contributed by atoms with Crippen LogP contribution in [-0.4, -0.2) is 92.2 Å². The van der Waals surface area contributed by atoms with Gasteiger partial charge in [0.25, 0.3) is 0 Å². The number of nitrogens with zero attached hydrogens (tertiary/aromatic N) is 1. The normalized spacial score (nSPS) is 15.7. The molecule has 55 heavy (non-hydrogen) atoms. The van der Waals surface area contributed by atoms with Gasteiger partial charge in [0, 0.05) is 34.8 Å². The number of aryl methyl sites for hydroxylation is 1. The summed E-state index contributed by atoms with van der Waals surface area (Å²) in [6, 6.07) is 0. The van der Waals surface area contributed by atoms with Gasteiger partial charge in [-0.3, -0.25) is 0 Å². The molecule has 35 heteroatoms. The van der Waals surface area contributed by atoms with Crippen molar-refractivity contribution in [3.8, 4) is 0 Å². The molecule has 0 saturated carbocycles. The second-order valence-corrected chi connectivity index (χ2v) is 12.4. The zero-order valence-corrected chi connectivity index (χ0v) is 29.7. The van der Waals surface area contributed by atoms with Crippen LogP contribution in [0.5, 0.6) is 0 Å². The third kappa shape index (κ3) is 8.94. The Balaban J connectivity index is 0. The van der Waals surface area contributed by atoms with Crippen LogP contribution in [0.25, 0.3) is 0 Å². The molecule has 1 heterocycles. The number of rotatable bonds is 14. The number of aromatic amines is 1. The number of alkyl halides is 31. The van der Waals surface area contributed by atoms with E-state index >= 15 is 0 Å². The maximum absolute atomic E-state index is 13.5. The molecule has 0 aliphatic carbocycles. The van der Waals surface area contributed by atoms with E-state index < -0.39 is 116 Å². The third-order valence-electron chi connectivity index (χ3n) is 6.16. The number of imidazole rings is 1. The molecule has 1 N–H and O–H groups in total. The molecule has 0 atom stereocenters. The highest BCUT2D eigenvalue weighted by atomic mass is 127. The summed E-state index contributed by atoms with van der Waals surface area (Å²) < 4.78 is 375. The van der Waals surface area contributed by atoms with Crippen LogP contribution < -0.4 is 28.5 Å². The highest BCUT2D eigenvalue weighted by Crippen LogP contribution is 2.65. The molecule has 0 aliphatic rings. The molecule has 0 aliphatic heterocycles. The molecule has 1 rings (SSSR count). The summed E-state index contributed by atoms with van der Waals surface area (Å²) in [5, 5.41) is 0.0554. The Labute approximate surface area is 317 Å². The highest BCUT2D eigenvalue weighted by Gasteiger charge is 2.95. The van der Waals surface area contributed by atoms with E-state index in [2.05, 4.69) is 4.98 Å². The van der Waals surface area contributed by atoms with Crippen LogP contribution in [0.1, 0.15) is 6.42 Å². The lowest BCUT2D eigenvalue weighted by Crippen LogP contribution is -3.00. The van der Waals surface area contributed by atoms with Crippen LogP contribution in [0.4, 0.5) is 132 Å². The summed E-state index contributed by atoms with van der Waals surface area (Å²) in [4.78, 5) is 2.42. The maximum Gasteiger partial charge on any atom is 0.460 e. The second-order valence-electron chi connectivity index (χ2n) is 9.92. The number of nitrogens with one attached hydrogen (secondary N) is 1. The third-order valence-corrected chi connectivity index (χ3v) is 7.93. The van der Waals surface area contributed by atoms with Crippen molar-refractivity contribution >= 4 is 34.4 Å². The molecular formula is C20H10F30I2N2S. The molecule has 0 aromatic carbocycles. The van der Waals surface area contributed by atoms with Gasteiger partial charge in [-0.1, -0.05) is 0 Å². The van der Waals surface area contributed by atoms with E-state index in [-0.39, 0.29) is 29.1 Å². The van der Waals surface area contributed by atoms with Gasteiger partial charge < -0.3 is 24.0 Å². The lowest BCUT2D eigenvalue weighted by molar-refractivity contribution is -0.708. The monoisotopic (exact) mass is 1130 g/mol. The van der Waals surface area contributed by atoms with E-state index in [9.17, 15) is 132 Å². The van der Waals surface area contributed by atoms with Gasteiger partial charge in [-0.15, -0.1) is 0 Å². The Morgan fingerprint density at radius 2 is 0.745 bits per heavy atom. The minimum absolute atomic E-state index is 0. The summed E-state index contributed by atoms with van der Waals surface area (Å²) in [6.07, 6.45) is -14.8. The Hall–Kier alpha value is -1.08. The van der Waals surface area contributed by atoms with Crippen molar-refractivity contribution in [3.63, 3.8) is 0 Å². The molecule has 0 radical (unpaired) electrons. The number of aromatic nitrogens is 2. The first-order chi connectivity index (χ1) is 23.0. The van der Waals surface area contributed by atoms with Crippen molar-refractivity contribution in [1.82, 2.24) is 4.98 Å². The van der Waals surface area contributed by atoms with Crippen molar-refractivity contribution in [2.24, 2.45) is 7.05 Å². The van der Waals surface area contributed by atoms with Gasteiger partial charge in [-0.25, -0.2) is 9.55 Å². The largest absolute Gasteiger partial charge is 1.00 e. The van der Waals surface area contributed by atoms with E-state index in [1.165, 1.54) is 24.0 Å². The predicted molar refractivity (Wildman–Crippen MR) is 123 cm³/mol. The fraction of sp³-hybridized carbons (Fsp3) is 0.850. The van der Waals surface area contributed by atoms with Gasteiger partial charge in [-0.2, -0.15) is 132 Å². The van der Waals surface area contributed by atoms with Gasteiger partial charge in [-0.05, 0) is 11.8 Å². The molecular weight excluding hydrogens is 1120 g/mol. The van der Waals surface area contributed by atoms with Crippen LogP contribution in [0.2, 0.25) is 0 Å². The van der Waals surface area contributed by atoms with E-state index in [1.54, 1.807) is 0 Å². The first-order valence-corrected chi connectivity index (χ1v) is 14.1. The molecule has 2 nitrogen and oxygen atoms in total. The molecule has 0 saturated heterocycles. The van der Waals surface area contributed by atoms with Crippen molar-refractivity contribution < 1.29 is 160 Å². The lowest BCUT2D eigenvalue weighted by atomic mass is 9.91. The first kappa shape index (κ1) is 56.0. The summed E-state index contributed by atoms with van der Waals surface area (Å²) in [5.41, 5.74) is 0. The van der Waals surface area contributed by atoms with Crippen molar-refractivity contribution in [1.29, 1.82) is 0 Å². The maximum atomic E-state index is 13.5. The summed E-state index contributed by atoms with van der Waals surface area (Å²) in [6.45, 7) is 0. The molecule has 0 unspecified atom stereocenters. The number of hydrogen-bond acceptors (Lipinski definition) is 1. The standard InChI is InChI=1S/C12H9F13N2S.C8F17I.HI/c1-27-4-3-26-6(27)28-5-2-7(13,14)8(15,16)9(17,18)10(19,20)11(21,22)12(23,24)25;9-1(10,3(13,14)5(17,18)7(21,22)23)2(11,12)4(15,16)6(19,20)8(24,25)26;/h3-4H,2,5H2,1H3;;1H. The van der Waals surface area contributed by atoms with E-state index in [0.29, 0.717) is 11.8 Å². The quantitative estimate of drug-likeness (QED) is 0.0653. The number of halogens is 32. The molecule has 0 spiro atoms. The van der Waals surface area contributed by atoms with Crippen molar-refractivity contribution in [2.75, 3.05) is 5.75 Å². The van der Waals surface area contributed by atoms with Gasteiger partial charge in [0.1, 0.15) is 12.4 Å². The average Bonchev–Trinajstić information content (AvgIpc) is 3.34. The minimum Gasteiger partial charge on any atom is -1.00 e. The fourth-order valence-corrected chi connectivity index (χ4v) is 4.22. The number of H-pyrrole nitrogens is 1. The molecule has 0 bridgehead atoms. The fourth-order valence-electron chi connectivity index (χ4n) is 2.91. The van der Waals surface area contributed by atoms with Gasteiger partial charge in [0.05, 0.1) is 7.05 Å². The Bertz CT molecular complexity index is 1370. The zero-order valence-electron chi connectivity index (χ0n) is 24.5. The average molecular weight is 1130 g/mol. The zero-order chi connectivity index (χ0) is 44.4. The molecule has 1 aromatic rings. The van der Waals surface area contributed by atoms with Crippen LogP contribution in [-0.2, 0) is 7.05 Å². The predicted octanol–water partition coefficient (Wildman–Crippen LogP) is 8.45. The highest BCUT2D eigenvalue weighted by molar-refractivity contribution is 14.1. The van der Waals surface area contributed by atoms with E-state index in [0.717, 1.165) is 0 Å². The van der Waals surface area contributed by atoms with Crippen molar-refractivity contribution in [3.05, 3.63) is 12.4 Å². The molecule has 0 fully saturated rings. The van der Waals surface area contributed by atoms with Gasteiger partial charge in [0.2, 0.25) is 0 Å². The Morgan fingerprint density at radius 3 is 1.00 bits per heavy atom. The Kier molecular flexibility index (Phi) is 16.1. The van der Waals surface area contributed by atoms with Crippen LogP contribution >= 0.6 is 34.4 Å². The van der Waals surface area contributed by atoms with Crippen LogP contribution in [0, 0.1) is 0 Å². The van der Waals surface area contributed by atoms with Crippen LogP contribution in [0.3, 0.4) is 0 Å². The summed E-state index contributed by atoms with van der Waals surface area (Å²) in [5.74, 6) is -87.0. The van der Waals surface area contributed by atoms with E-state index in [4.69, 9.17) is 0 Å². The summed E-state index contributed by atoms with van der Waals surface area (Å²) in [7, 11) is 1.36. The first-order valence-electron chi connectivity index (χ1n) is 12.0. The van der Waals surface area contributed by atoms with Crippen molar-refractivity contribution in [2.45, 2.75) is 93.0 Å². The minimum atomic E-state index is -8.56. The van der Waals surface area contributed by atoms with Crippen LogP contribution in [0.15, 0.2) is 17.6 Å². The van der Waals surface area contributed by atoms with E-state index in [1.807, 2.05) is 0 Å². The number of hydrogen-bond donors (Lipinski definition) is 1. The lowest BCUT2D eigenvalue weighted by Gasteiger charge is -2.42. The Morgan fingerprint density at radius 1 is 0.473 bits per heavy atom. The number of thioether (sulfide) groups is 1. The molecule has 0 amide bonds. The smallest absolute Gasteiger partial charge is 0.460 e. The molecule has 330 valence electrons. The summed E-state index contributed by atoms with van der Waals surface area (Å²) >= 11 is -0.636. The van der Waals surface area contributed by atoms with Gasteiger partial charge >= 0.3 is 86.6 Å². The van der Waals surface area contributed by atoms with Gasteiger partial charge in [0.15, 0.2) is 0 Å². The SMILES string of the molecule is C[n+]1cc[nH]c1SCCC(F)(F)C(F)(F)C(F)(F)C(F)(F)C(F)(F)C(F)(F)F.FC(F)(F)C(F)(F)C(F)(F)C(F)(F)C(F)(F)C(F)(F)C(F)(F)C(F)(F)I.[I-]. The topological polar surface area (TPSA) is 19.7 Å².